The number of carbonyl (C=O) groups excluding carboxylic acids is 1. The Balaban J connectivity index is 2.37. The quantitative estimate of drug-likeness (QED) is 0.639. The minimum atomic E-state index is -0.128. The second-order valence-electron chi connectivity index (χ2n) is 6.69. The molecule has 1 atom stereocenters. The van der Waals surface area contributed by atoms with E-state index in [0.717, 1.165) is 12.5 Å². The molecule has 0 aromatic carbocycles. The Morgan fingerprint density at radius 2 is 1.90 bits per heavy atom. The minimum Gasteiger partial charge on any atom is -0.383 e. The zero-order chi connectivity index (χ0) is 15.0. The SMILES string of the molecule is COCCNC(=O)C(C)NCC1(CC(C)C)CCCC1. The van der Waals surface area contributed by atoms with Crippen LogP contribution in [-0.4, -0.2) is 38.8 Å². The number of amides is 1. The molecule has 1 unspecified atom stereocenters. The second kappa shape index (κ2) is 8.63. The van der Waals surface area contributed by atoms with Crippen LogP contribution in [0.25, 0.3) is 0 Å². The largest absolute Gasteiger partial charge is 0.383 e. The Morgan fingerprint density at radius 1 is 1.25 bits per heavy atom. The second-order valence-corrected chi connectivity index (χ2v) is 6.69. The van der Waals surface area contributed by atoms with Crippen molar-refractivity contribution in [3.63, 3.8) is 0 Å². The summed E-state index contributed by atoms with van der Waals surface area (Å²) in [5, 5.41) is 6.33. The lowest BCUT2D eigenvalue weighted by Crippen LogP contribution is -2.46. The van der Waals surface area contributed by atoms with Gasteiger partial charge >= 0.3 is 0 Å². The number of carbonyl (C=O) groups is 1. The third-order valence-electron chi connectivity index (χ3n) is 4.29. The third kappa shape index (κ3) is 5.80. The van der Waals surface area contributed by atoms with E-state index in [1.165, 1.54) is 32.1 Å². The first-order chi connectivity index (χ1) is 9.49. The van der Waals surface area contributed by atoms with Gasteiger partial charge in [0.25, 0.3) is 0 Å². The van der Waals surface area contributed by atoms with Gasteiger partial charge in [0, 0.05) is 20.2 Å². The highest BCUT2D eigenvalue weighted by Crippen LogP contribution is 2.42. The molecule has 0 aliphatic heterocycles. The van der Waals surface area contributed by atoms with E-state index in [1.807, 2.05) is 6.92 Å². The van der Waals surface area contributed by atoms with Crippen LogP contribution >= 0.6 is 0 Å². The van der Waals surface area contributed by atoms with Gasteiger partial charge in [0.2, 0.25) is 5.91 Å². The molecule has 1 aliphatic carbocycles. The first-order valence-corrected chi connectivity index (χ1v) is 7.99. The fourth-order valence-electron chi connectivity index (χ4n) is 3.34. The van der Waals surface area contributed by atoms with E-state index in [-0.39, 0.29) is 11.9 Å². The van der Waals surface area contributed by atoms with Crippen LogP contribution in [0.5, 0.6) is 0 Å². The first-order valence-electron chi connectivity index (χ1n) is 7.99. The summed E-state index contributed by atoms with van der Waals surface area (Å²) in [6.45, 7) is 8.64. The van der Waals surface area contributed by atoms with E-state index in [4.69, 9.17) is 4.74 Å². The lowest BCUT2D eigenvalue weighted by molar-refractivity contribution is -0.123. The number of nitrogens with one attached hydrogen (secondary N) is 2. The van der Waals surface area contributed by atoms with E-state index in [9.17, 15) is 4.79 Å². The third-order valence-corrected chi connectivity index (χ3v) is 4.29. The molecule has 1 saturated carbocycles. The fraction of sp³-hybridized carbons (Fsp3) is 0.938. The smallest absolute Gasteiger partial charge is 0.236 e. The molecule has 118 valence electrons. The Labute approximate surface area is 124 Å². The Bertz CT molecular complexity index is 286. The molecule has 1 fully saturated rings. The Hall–Kier alpha value is -0.610. The highest BCUT2D eigenvalue weighted by molar-refractivity contribution is 5.81. The van der Waals surface area contributed by atoms with Crippen LogP contribution in [0.3, 0.4) is 0 Å². The van der Waals surface area contributed by atoms with E-state index in [1.54, 1.807) is 7.11 Å². The van der Waals surface area contributed by atoms with Crippen LogP contribution in [0.15, 0.2) is 0 Å². The minimum absolute atomic E-state index is 0.0692. The van der Waals surface area contributed by atoms with Crippen LogP contribution in [0, 0.1) is 11.3 Å². The molecule has 0 spiro atoms. The molecular weight excluding hydrogens is 252 g/mol. The van der Waals surface area contributed by atoms with Gasteiger partial charge in [0.05, 0.1) is 12.6 Å². The van der Waals surface area contributed by atoms with Crippen molar-refractivity contribution in [1.29, 1.82) is 0 Å². The Morgan fingerprint density at radius 3 is 2.45 bits per heavy atom. The standard InChI is InChI=1S/C16H32N2O2/c1-13(2)11-16(7-5-6-8-16)12-18-14(3)15(19)17-9-10-20-4/h13-14,18H,5-12H2,1-4H3,(H,17,19). The van der Waals surface area contributed by atoms with E-state index in [0.29, 0.717) is 18.6 Å². The van der Waals surface area contributed by atoms with Crippen molar-refractivity contribution in [3.05, 3.63) is 0 Å². The fourth-order valence-corrected chi connectivity index (χ4v) is 3.34. The lowest BCUT2D eigenvalue weighted by atomic mass is 9.78. The van der Waals surface area contributed by atoms with Crippen LogP contribution in [0.2, 0.25) is 0 Å². The number of methoxy groups -OCH3 is 1. The molecule has 1 amide bonds. The van der Waals surface area contributed by atoms with E-state index < -0.39 is 0 Å². The summed E-state index contributed by atoms with van der Waals surface area (Å²) in [5.41, 5.74) is 0.412. The number of ether oxygens (including phenoxy) is 1. The van der Waals surface area contributed by atoms with Gasteiger partial charge in [-0.3, -0.25) is 4.79 Å². The van der Waals surface area contributed by atoms with Gasteiger partial charge in [0.15, 0.2) is 0 Å². The summed E-state index contributed by atoms with van der Waals surface area (Å²) in [6.07, 6.45) is 6.54. The maximum absolute atomic E-state index is 11.9. The summed E-state index contributed by atoms with van der Waals surface area (Å²) in [4.78, 5) is 11.9. The molecule has 0 heterocycles. The van der Waals surface area contributed by atoms with Gasteiger partial charge in [-0.15, -0.1) is 0 Å². The van der Waals surface area contributed by atoms with Gasteiger partial charge in [0.1, 0.15) is 0 Å². The lowest BCUT2D eigenvalue weighted by Gasteiger charge is -2.32. The molecule has 0 radical (unpaired) electrons. The molecule has 0 aromatic heterocycles. The molecule has 1 rings (SSSR count). The van der Waals surface area contributed by atoms with Gasteiger partial charge in [-0.25, -0.2) is 0 Å². The van der Waals surface area contributed by atoms with Gasteiger partial charge in [-0.05, 0) is 37.5 Å². The van der Waals surface area contributed by atoms with Crippen molar-refractivity contribution < 1.29 is 9.53 Å². The van der Waals surface area contributed by atoms with Crippen LogP contribution in [-0.2, 0) is 9.53 Å². The summed E-state index contributed by atoms with van der Waals surface area (Å²) in [5.74, 6) is 0.792. The number of hydrogen-bond donors (Lipinski definition) is 2. The molecule has 4 heteroatoms. The monoisotopic (exact) mass is 284 g/mol. The molecule has 0 saturated heterocycles. The van der Waals surface area contributed by atoms with Gasteiger partial charge in [-0.1, -0.05) is 26.7 Å². The van der Waals surface area contributed by atoms with Crippen LogP contribution in [0.1, 0.15) is 52.9 Å². The van der Waals surface area contributed by atoms with Crippen molar-refractivity contribution >= 4 is 5.91 Å². The van der Waals surface area contributed by atoms with Crippen molar-refractivity contribution in [1.82, 2.24) is 10.6 Å². The maximum atomic E-state index is 11.9. The highest BCUT2D eigenvalue weighted by atomic mass is 16.5. The van der Waals surface area contributed by atoms with Crippen molar-refractivity contribution in [3.8, 4) is 0 Å². The average Bonchev–Trinajstić information content (AvgIpc) is 2.84. The zero-order valence-corrected chi connectivity index (χ0v) is 13.6. The summed E-state index contributed by atoms with van der Waals surface area (Å²) in [7, 11) is 1.64. The van der Waals surface area contributed by atoms with Crippen molar-refractivity contribution in [2.24, 2.45) is 11.3 Å². The molecule has 0 bridgehead atoms. The Kier molecular flexibility index (Phi) is 7.52. The average molecular weight is 284 g/mol. The maximum Gasteiger partial charge on any atom is 0.236 e. The van der Waals surface area contributed by atoms with Crippen LogP contribution < -0.4 is 10.6 Å². The highest BCUT2D eigenvalue weighted by Gasteiger charge is 2.34. The summed E-state index contributed by atoms with van der Waals surface area (Å²) < 4.78 is 4.94. The van der Waals surface area contributed by atoms with Crippen LogP contribution in [0.4, 0.5) is 0 Å². The number of rotatable bonds is 9. The van der Waals surface area contributed by atoms with Gasteiger partial charge in [-0.2, -0.15) is 0 Å². The predicted molar refractivity (Wildman–Crippen MR) is 82.7 cm³/mol. The molecule has 1 aliphatic rings. The first kappa shape index (κ1) is 17.4. The zero-order valence-electron chi connectivity index (χ0n) is 13.6. The van der Waals surface area contributed by atoms with Gasteiger partial charge < -0.3 is 15.4 Å². The summed E-state index contributed by atoms with van der Waals surface area (Å²) in [6, 6.07) is -0.128. The topological polar surface area (TPSA) is 50.4 Å². The predicted octanol–water partition coefficient (Wildman–Crippen LogP) is 2.33. The van der Waals surface area contributed by atoms with Crippen molar-refractivity contribution in [2.45, 2.75) is 58.9 Å². The number of hydrogen-bond acceptors (Lipinski definition) is 3. The molecule has 2 N–H and O–H groups in total. The van der Waals surface area contributed by atoms with Crippen molar-refractivity contribution in [2.75, 3.05) is 26.8 Å². The molecule has 20 heavy (non-hydrogen) atoms. The van der Waals surface area contributed by atoms with E-state index >= 15 is 0 Å². The molecule has 4 nitrogen and oxygen atoms in total. The molecular formula is C16H32N2O2. The summed E-state index contributed by atoms with van der Waals surface area (Å²) >= 11 is 0. The molecule has 0 aromatic rings. The normalized spacial score (nSPS) is 19.2. The van der Waals surface area contributed by atoms with E-state index in [2.05, 4.69) is 24.5 Å².